The number of benzene rings is 2. The molecule has 2 aromatic carbocycles. The van der Waals surface area contributed by atoms with Crippen LogP contribution in [0.25, 0.3) is 0 Å². The summed E-state index contributed by atoms with van der Waals surface area (Å²) in [6.07, 6.45) is 2.25. The predicted molar refractivity (Wildman–Crippen MR) is 164 cm³/mol. The van der Waals surface area contributed by atoms with Gasteiger partial charge in [-0.15, -0.1) is 0 Å². The fraction of sp³-hybridized carbons (Fsp3) is 0.438. The van der Waals surface area contributed by atoms with E-state index in [4.69, 9.17) is 9.15 Å². The van der Waals surface area contributed by atoms with Crippen LogP contribution in [0.5, 0.6) is 5.75 Å². The fourth-order valence-corrected chi connectivity index (χ4v) is 7.13. The Morgan fingerprint density at radius 1 is 0.977 bits per heavy atom. The Hall–Kier alpha value is -3.67. The Kier molecular flexibility index (Phi) is 9.99. The Balaban J connectivity index is 1.33. The number of aryl methyl sites for hydroxylation is 2. The van der Waals surface area contributed by atoms with Gasteiger partial charge in [0.25, 0.3) is 5.91 Å². The number of methoxy groups -OCH3 is 1. The molecule has 2 amide bonds. The van der Waals surface area contributed by atoms with Gasteiger partial charge < -0.3 is 19.0 Å². The van der Waals surface area contributed by atoms with Gasteiger partial charge in [-0.05, 0) is 67.3 Å². The quantitative estimate of drug-likeness (QED) is 0.324. The Morgan fingerprint density at radius 3 is 2.21 bits per heavy atom. The molecule has 4 rings (SSSR count). The zero-order chi connectivity index (χ0) is 31.5. The van der Waals surface area contributed by atoms with Crippen molar-refractivity contribution in [3.05, 3.63) is 82.3 Å². The van der Waals surface area contributed by atoms with Crippen molar-refractivity contribution in [1.29, 1.82) is 0 Å². The summed E-state index contributed by atoms with van der Waals surface area (Å²) >= 11 is 0. The molecule has 2 heterocycles. The molecular weight excluding hydrogens is 568 g/mol. The largest absolute Gasteiger partial charge is 0.497 e. The molecule has 11 heteroatoms. The van der Waals surface area contributed by atoms with Crippen LogP contribution < -0.4 is 4.74 Å². The second-order valence-corrected chi connectivity index (χ2v) is 13.6. The van der Waals surface area contributed by atoms with Gasteiger partial charge in [0.15, 0.2) is 0 Å². The van der Waals surface area contributed by atoms with Crippen LogP contribution in [0.1, 0.15) is 44.8 Å². The molecule has 0 aliphatic carbocycles. The van der Waals surface area contributed by atoms with Gasteiger partial charge in [0, 0.05) is 47.8 Å². The van der Waals surface area contributed by atoms with Crippen LogP contribution in [-0.4, -0.2) is 87.6 Å². The molecule has 3 aromatic rings. The van der Waals surface area contributed by atoms with Crippen molar-refractivity contribution in [2.75, 3.05) is 48.4 Å². The summed E-state index contributed by atoms with van der Waals surface area (Å²) in [5.74, 6) is 0.989. The lowest BCUT2D eigenvalue weighted by molar-refractivity contribution is -0.132. The van der Waals surface area contributed by atoms with Gasteiger partial charge in [-0.3, -0.25) is 14.5 Å². The molecule has 0 radical (unpaired) electrons. The minimum absolute atomic E-state index is 0.0211. The summed E-state index contributed by atoms with van der Waals surface area (Å²) in [4.78, 5) is 31.2. The lowest BCUT2D eigenvalue weighted by Gasteiger charge is -2.20. The first-order valence-electron chi connectivity index (χ1n) is 14.3. The number of hydrogen-bond acceptors (Lipinski definition) is 7. The topological polar surface area (TPSA) is 104 Å². The van der Waals surface area contributed by atoms with Crippen LogP contribution in [0, 0.1) is 19.8 Å². The minimum Gasteiger partial charge on any atom is -0.497 e. The predicted octanol–water partition coefficient (Wildman–Crippen LogP) is 3.91. The Morgan fingerprint density at radius 2 is 1.60 bits per heavy atom. The number of nitrogens with zero attached hydrogens (tertiary/aromatic N) is 4. The minimum atomic E-state index is -3.81. The molecule has 1 saturated heterocycles. The average molecular weight is 611 g/mol. The zero-order valence-corrected chi connectivity index (χ0v) is 26.9. The third-order valence-corrected chi connectivity index (χ3v) is 9.98. The molecule has 1 fully saturated rings. The van der Waals surface area contributed by atoms with E-state index < -0.39 is 10.0 Å². The van der Waals surface area contributed by atoms with Crippen molar-refractivity contribution in [2.24, 2.45) is 5.92 Å². The van der Waals surface area contributed by atoms with E-state index in [1.165, 1.54) is 17.6 Å². The molecular formula is C32H42N4O6S. The molecule has 1 atom stereocenters. The van der Waals surface area contributed by atoms with E-state index in [1.807, 2.05) is 12.1 Å². The smallest absolute Gasteiger partial charge is 0.257 e. The van der Waals surface area contributed by atoms with Gasteiger partial charge in [0.2, 0.25) is 15.9 Å². The zero-order valence-electron chi connectivity index (χ0n) is 26.1. The monoisotopic (exact) mass is 610 g/mol. The molecule has 1 aliphatic heterocycles. The van der Waals surface area contributed by atoms with Gasteiger partial charge in [-0.2, -0.15) is 4.31 Å². The van der Waals surface area contributed by atoms with E-state index in [1.54, 1.807) is 70.1 Å². The van der Waals surface area contributed by atoms with E-state index >= 15 is 0 Å². The summed E-state index contributed by atoms with van der Waals surface area (Å²) in [6, 6.07) is 13.1. The first kappa shape index (κ1) is 32.2. The van der Waals surface area contributed by atoms with Crippen LogP contribution in [0.3, 0.4) is 0 Å². The average Bonchev–Trinajstić information content (AvgIpc) is 3.62. The van der Waals surface area contributed by atoms with Gasteiger partial charge in [-0.1, -0.05) is 24.3 Å². The first-order chi connectivity index (χ1) is 20.3. The maximum Gasteiger partial charge on any atom is 0.257 e. The van der Waals surface area contributed by atoms with Gasteiger partial charge in [0.05, 0.1) is 30.0 Å². The van der Waals surface area contributed by atoms with Crippen LogP contribution >= 0.6 is 0 Å². The fourth-order valence-electron chi connectivity index (χ4n) is 5.59. The van der Waals surface area contributed by atoms with Crippen molar-refractivity contribution in [2.45, 2.75) is 44.8 Å². The van der Waals surface area contributed by atoms with Gasteiger partial charge in [-0.25, -0.2) is 8.42 Å². The molecule has 1 unspecified atom stereocenters. The number of carbonyl (C=O) groups is 2. The second kappa shape index (κ2) is 13.3. The SMILES string of the molecule is COc1cc(C)c(S(=O)(=O)N(C)Cc2cc(C(=O)N(C)Cc3ccc(CN4CCC(C(=O)N(C)C)C4)cc3)co2)c(C)c1. The highest BCUT2D eigenvalue weighted by Crippen LogP contribution is 2.29. The maximum atomic E-state index is 13.4. The molecule has 232 valence electrons. The highest BCUT2D eigenvalue weighted by Gasteiger charge is 2.29. The molecule has 0 saturated carbocycles. The second-order valence-electron chi connectivity index (χ2n) is 11.6. The molecule has 0 bridgehead atoms. The van der Waals surface area contributed by atoms with Crippen molar-refractivity contribution < 1.29 is 27.2 Å². The molecule has 1 aromatic heterocycles. The lowest BCUT2D eigenvalue weighted by atomic mass is 10.1. The summed E-state index contributed by atoms with van der Waals surface area (Å²) in [5.41, 5.74) is 3.69. The number of ether oxygens (including phenoxy) is 1. The molecule has 1 aliphatic rings. The number of rotatable bonds is 11. The van der Waals surface area contributed by atoms with Crippen LogP contribution in [0.15, 0.2) is 58.0 Å². The van der Waals surface area contributed by atoms with E-state index in [0.717, 1.165) is 37.2 Å². The van der Waals surface area contributed by atoms with Crippen LogP contribution in [0.4, 0.5) is 0 Å². The summed E-state index contributed by atoms with van der Waals surface area (Å²) in [7, 11) is 4.55. The lowest BCUT2D eigenvalue weighted by Crippen LogP contribution is -2.31. The maximum absolute atomic E-state index is 13.4. The number of hydrogen-bond donors (Lipinski definition) is 0. The first-order valence-corrected chi connectivity index (χ1v) is 15.7. The van der Waals surface area contributed by atoms with E-state index in [2.05, 4.69) is 17.0 Å². The van der Waals surface area contributed by atoms with Crippen molar-refractivity contribution >= 4 is 21.8 Å². The molecule has 43 heavy (non-hydrogen) atoms. The molecule has 10 nitrogen and oxygen atoms in total. The van der Waals surface area contributed by atoms with Gasteiger partial charge in [0.1, 0.15) is 17.8 Å². The van der Waals surface area contributed by atoms with Crippen molar-refractivity contribution in [1.82, 2.24) is 19.0 Å². The third kappa shape index (κ3) is 7.46. The molecule has 0 N–H and O–H groups in total. The van der Waals surface area contributed by atoms with Crippen molar-refractivity contribution in [3.63, 3.8) is 0 Å². The normalized spacial score (nSPS) is 15.6. The number of likely N-dealkylation sites (tertiary alicyclic amines) is 1. The summed E-state index contributed by atoms with van der Waals surface area (Å²) in [5, 5.41) is 0. The van der Waals surface area contributed by atoms with Crippen LogP contribution in [-0.2, 0) is 34.5 Å². The van der Waals surface area contributed by atoms with E-state index in [0.29, 0.717) is 34.7 Å². The van der Waals surface area contributed by atoms with Gasteiger partial charge >= 0.3 is 0 Å². The number of carbonyl (C=O) groups excluding carboxylic acids is 2. The standard InChI is InChI=1S/C32H42N4O6S/c1-22-14-28(41-7)15-23(2)30(22)43(39,40)35(6)20-29-16-27(21-42-29)32(38)34(5)17-24-8-10-25(11-9-24)18-36-13-12-26(19-36)31(37)33(3)4/h8-11,14-16,21,26H,12-13,17-20H2,1-7H3. The van der Waals surface area contributed by atoms with E-state index in [9.17, 15) is 18.0 Å². The highest BCUT2D eigenvalue weighted by atomic mass is 32.2. The summed E-state index contributed by atoms with van der Waals surface area (Å²) < 4.78 is 38.8. The Labute approximate surface area is 254 Å². The van der Waals surface area contributed by atoms with E-state index in [-0.39, 0.29) is 29.2 Å². The highest BCUT2D eigenvalue weighted by molar-refractivity contribution is 7.89. The number of furan rings is 1. The molecule has 0 spiro atoms. The van der Waals surface area contributed by atoms with Crippen LogP contribution in [0.2, 0.25) is 0 Å². The number of amides is 2. The number of sulfonamides is 1. The van der Waals surface area contributed by atoms with Crippen molar-refractivity contribution in [3.8, 4) is 5.75 Å². The third-order valence-electron chi connectivity index (χ3n) is 7.88. The Bertz CT molecular complexity index is 1540. The summed E-state index contributed by atoms with van der Waals surface area (Å²) in [6.45, 7) is 6.32.